The maximum absolute atomic E-state index is 6.56. The van der Waals surface area contributed by atoms with Gasteiger partial charge in [0.2, 0.25) is 0 Å². The van der Waals surface area contributed by atoms with Gasteiger partial charge in [0.1, 0.15) is 0 Å². The molecule has 12 heteroatoms. The molecule has 0 amide bonds. The summed E-state index contributed by atoms with van der Waals surface area (Å²) in [5.41, 5.74) is 1.75. The summed E-state index contributed by atoms with van der Waals surface area (Å²) in [6.07, 6.45) is 0. The Balaban J connectivity index is 3.19. The first-order valence-corrected chi connectivity index (χ1v) is 20.5. The van der Waals surface area contributed by atoms with Crippen molar-refractivity contribution >= 4 is 42.0 Å². The maximum atomic E-state index is 6.56. The Labute approximate surface area is 256 Å². The van der Waals surface area contributed by atoms with Gasteiger partial charge in [0.25, 0.3) is 0 Å². The number of hydrogen-bond acceptors (Lipinski definition) is 9. The third-order valence-corrected chi connectivity index (χ3v) is 15.8. The molecule has 0 N–H and O–H groups in total. The Bertz CT molecular complexity index is 1010. The Morgan fingerprint density at radius 1 is 0.357 bits per heavy atom. The van der Waals surface area contributed by atoms with Crippen LogP contribution in [-0.2, 0) is 39.8 Å². The molecule has 0 fully saturated rings. The molecule has 2 rings (SSSR count). The van der Waals surface area contributed by atoms with E-state index in [2.05, 4.69) is 12.1 Å². The highest BCUT2D eigenvalue weighted by Crippen LogP contribution is 2.26. The second kappa shape index (κ2) is 18.5. The Hall–Kier alpha value is -1.27. The van der Waals surface area contributed by atoms with Gasteiger partial charge in [-0.05, 0) is 73.4 Å². The van der Waals surface area contributed by atoms with Gasteiger partial charge in [-0.1, -0.05) is 42.5 Å². The van der Waals surface area contributed by atoms with E-state index < -0.39 is 26.4 Å². The summed E-state index contributed by atoms with van der Waals surface area (Å²) in [5, 5.41) is 2.41. The quantitative estimate of drug-likeness (QED) is 0.177. The summed E-state index contributed by atoms with van der Waals surface area (Å²) >= 11 is 0. The topological polar surface area (TPSA) is 83.1 Å². The van der Waals surface area contributed by atoms with Crippen LogP contribution in [0.25, 0.3) is 11.1 Å². The van der Waals surface area contributed by atoms with Crippen LogP contribution < -0.4 is 15.6 Å². The molecule has 0 heterocycles. The van der Waals surface area contributed by atoms with Gasteiger partial charge >= 0.3 is 26.4 Å². The van der Waals surface area contributed by atoms with E-state index in [4.69, 9.17) is 39.8 Å². The highest BCUT2D eigenvalue weighted by Gasteiger charge is 2.55. The largest absolute Gasteiger partial charge is 0.537 e. The fourth-order valence-electron chi connectivity index (χ4n) is 5.11. The van der Waals surface area contributed by atoms with Crippen molar-refractivity contribution in [2.45, 2.75) is 62.3 Å². The van der Waals surface area contributed by atoms with E-state index in [-0.39, 0.29) is 0 Å². The van der Waals surface area contributed by atoms with Gasteiger partial charge in [-0.15, -0.1) is 0 Å². The van der Waals surface area contributed by atoms with E-state index >= 15 is 0 Å². The van der Waals surface area contributed by atoms with Gasteiger partial charge < -0.3 is 39.8 Å². The van der Waals surface area contributed by atoms with Crippen LogP contribution in [0.15, 0.2) is 42.5 Å². The first-order valence-electron chi connectivity index (χ1n) is 15.4. The Kier molecular flexibility index (Phi) is 16.3. The van der Waals surface area contributed by atoms with E-state index in [1.165, 1.54) is 0 Å². The molecule has 2 aromatic rings. The molecule has 0 aliphatic rings. The molecule has 0 unspecified atom stereocenters. The fourth-order valence-corrected chi connectivity index (χ4v) is 14.1. The summed E-state index contributed by atoms with van der Waals surface area (Å²) < 4.78 is 58.2. The van der Waals surface area contributed by atoms with Crippen molar-refractivity contribution in [2.24, 2.45) is 0 Å². The van der Waals surface area contributed by atoms with Crippen LogP contribution >= 0.6 is 0 Å². The lowest BCUT2D eigenvalue weighted by molar-refractivity contribution is 0.0807. The SMILES string of the molecule is CCO[Si](OCC)(OCC)c1ccccc1-c1cccc([Si](OCC)(OCC)OCC)c1[Si](OCC)(OCC)OCC. The van der Waals surface area contributed by atoms with Gasteiger partial charge in [0, 0.05) is 75.0 Å². The number of hydrogen-bond donors (Lipinski definition) is 0. The molecule has 0 spiro atoms. The number of benzene rings is 2. The average molecular weight is 641 g/mol. The van der Waals surface area contributed by atoms with Crippen LogP contribution in [0.2, 0.25) is 0 Å². The zero-order valence-corrected chi connectivity index (χ0v) is 30.1. The lowest BCUT2D eigenvalue weighted by atomic mass is 10.1. The highest BCUT2D eigenvalue weighted by atomic mass is 28.4. The minimum Gasteiger partial charge on any atom is -0.370 e. The Morgan fingerprint density at radius 3 is 1.07 bits per heavy atom. The van der Waals surface area contributed by atoms with Crippen molar-refractivity contribution in [3.63, 3.8) is 0 Å². The van der Waals surface area contributed by atoms with Crippen molar-refractivity contribution < 1.29 is 39.8 Å². The molecule has 0 radical (unpaired) electrons. The fraction of sp³-hybridized carbons (Fsp3) is 0.600. The summed E-state index contributed by atoms with van der Waals surface area (Å²) in [7, 11) is -10.4. The molecule has 0 aromatic heterocycles. The van der Waals surface area contributed by atoms with Crippen LogP contribution in [0, 0.1) is 0 Å². The number of rotatable bonds is 22. The molecule has 0 atom stereocenters. The minimum atomic E-state index is -3.59. The predicted molar refractivity (Wildman–Crippen MR) is 173 cm³/mol. The molecular formula is C30H52O9Si3. The van der Waals surface area contributed by atoms with Crippen molar-refractivity contribution in [1.29, 1.82) is 0 Å². The summed E-state index contributed by atoms with van der Waals surface area (Å²) in [5.74, 6) is 0. The van der Waals surface area contributed by atoms with Gasteiger partial charge in [-0.25, -0.2) is 0 Å². The second-order valence-corrected chi connectivity index (χ2v) is 16.4. The van der Waals surface area contributed by atoms with Gasteiger partial charge in [-0.3, -0.25) is 0 Å². The summed E-state index contributed by atoms with van der Waals surface area (Å²) in [6, 6.07) is 14.1. The standard InChI is InChI=1S/C30H52O9Si3/c1-10-31-40(32-11-2,33-12-3)28-24-20-19-22-26(28)27-23-21-25-29(41(34-13-4,35-14-5)36-15-6)30(27)42(37-16-7,38-17-8)39-18-9/h19-25H,10-18H2,1-9H3. The molecule has 0 aliphatic heterocycles. The van der Waals surface area contributed by atoms with Gasteiger partial charge in [0.15, 0.2) is 0 Å². The zero-order valence-electron chi connectivity index (χ0n) is 27.1. The van der Waals surface area contributed by atoms with Crippen LogP contribution in [0.4, 0.5) is 0 Å². The van der Waals surface area contributed by atoms with Gasteiger partial charge in [-0.2, -0.15) is 0 Å². The smallest absolute Gasteiger partial charge is 0.370 e. The Morgan fingerprint density at radius 2 is 0.667 bits per heavy atom. The first-order chi connectivity index (χ1) is 20.4. The third kappa shape index (κ3) is 8.25. The van der Waals surface area contributed by atoms with E-state index in [1.54, 1.807) is 0 Å². The van der Waals surface area contributed by atoms with Gasteiger partial charge in [0.05, 0.1) is 0 Å². The zero-order chi connectivity index (χ0) is 31.1. The van der Waals surface area contributed by atoms with Crippen molar-refractivity contribution in [3.8, 4) is 11.1 Å². The highest BCUT2D eigenvalue weighted by molar-refractivity contribution is 6.87. The second-order valence-electron chi connectivity index (χ2n) is 8.84. The molecule has 0 bridgehead atoms. The van der Waals surface area contributed by atoms with Crippen LogP contribution in [0.5, 0.6) is 0 Å². The minimum absolute atomic E-state index is 0.392. The predicted octanol–water partition coefficient (Wildman–Crippen LogP) is 4.12. The van der Waals surface area contributed by atoms with E-state index in [9.17, 15) is 0 Å². The summed E-state index contributed by atoms with van der Waals surface area (Å²) in [4.78, 5) is 0. The normalized spacial score (nSPS) is 12.7. The first kappa shape index (κ1) is 36.9. The molecule has 0 saturated heterocycles. The van der Waals surface area contributed by atoms with Crippen molar-refractivity contribution in [3.05, 3.63) is 42.5 Å². The third-order valence-electron chi connectivity index (χ3n) is 6.26. The molecule has 0 aliphatic carbocycles. The van der Waals surface area contributed by atoms with Crippen molar-refractivity contribution in [1.82, 2.24) is 0 Å². The molecular weight excluding hydrogens is 589 g/mol. The van der Waals surface area contributed by atoms with E-state index in [0.29, 0.717) is 59.5 Å². The van der Waals surface area contributed by atoms with Crippen molar-refractivity contribution in [2.75, 3.05) is 59.5 Å². The summed E-state index contributed by atoms with van der Waals surface area (Å²) in [6.45, 7) is 21.3. The lowest BCUT2D eigenvalue weighted by Gasteiger charge is -2.37. The lowest BCUT2D eigenvalue weighted by Crippen LogP contribution is -2.70. The van der Waals surface area contributed by atoms with E-state index in [1.807, 2.05) is 92.6 Å². The molecule has 2 aromatic carbocycles. The molecule has 0 saturated carbocycles. The van der Waals surface area contributed by atoms with Crippen LogP contribution in [0.1, 0.15) is 62.3 Å². The molecule has 238 valence electrons. The van der Waals surface area contributed by atoms with Crippen LogP contribution in [-0.4, -0.2) is 85.9 Å². The van der Waals surface area contributed by atoms with Crippen LogP contribution in [0.3, 0.4) is 0 Å². The molecule has 42 heavy (non-hydrogen) atoms. The molecule has 9 nitrogen and oxygen atoms in total. The maximum Gasteiger partial charge on any atom is 0.537 e. The monoisotopic (exact) mass is 640 g/mol. The average Bonchev–Trinajstić information content (AvgIpc) is 2.98. The van der Waals surface area contributed by atoms with E-state index in [0.717, 1.165) is 26.7 Å².